The number of hydrogen-bond acceptors (Lipinski definition) is 2. The van der Waals surface area contributed by atoms with E-state index >= 15 is 0 Å². The summed E-state index contributed by atoms with van der Waals surface area (Å²) in [6, 6.07) is 60.3. The molecule has 0 fully saturated rings. The molecule has 0 atom stereocenters. The smallest absolute Gasteiger partial charge is 0.0619 e. The van der Waals surface area contributed by atoms with Crippen LogP contribution >= 0.6 is 0 Å². The van der Waals surface area contributed by atoms with Gasteiger partial charge in [-0.3, -0.25) is 0 Å². The Labute approximate surface area is 235 Å². The van der Waals surface area contributed by atoms with E-state index in [-0.39, 0.29) is 0 Å². The monoisotopic (exact) mass is 512 g/mol. The van der Waals surface area contributed by atoms with Gasteiger partial charge in [-0.15, -0.1) is 0 Å². The fraction of sp³-hybridized carbons (Fsp3) is 0. The molecule has 0 unspecified atom stereocenters. The molecule has 0 amide bonds. The van der Waals surface area contributed by atoms with E-state index in [1.165, 1.54) is 32.9 Å². The van der Waals surface area contributed by atoms with Gasteiger partial charge in [0.1, 0.15) is 0 Å². The lowest BCUT2D eigenvalue weighted by molar-refractivity contribution is 1.29. The third-order valence-electron chi connectivity index (χ3n) is 7.38. The van der Waals surface area contributed by atoms with Crippen LogP contribution in [0, 0.1) is 0 Å². The lowest BCUT2D eigenvalue weighted by atomic mass is 9.95. The van der Waals surface area contributed by atoms with Crippen LogP contribution < -0.4 is 9.80 Å². The van der Waals surface area contributed by atoms with Crippen molar-refractivity contribution in [2.24, 2.45) is 0 Å². The predicted octanol–water partition coefficient (Wildman–Crippen LogP) is 10.9. The number of para-hydroxylation sites is 4. The normalized spacial score (nSPS) is 11.0. The lowest BCUT2D eigenvalue weighted by Gasteiger charge is -2.32. The van der Waals surface area contributed by atoms with Gasteiger partial charge in [-0.1, -0.05) is 121 Å². The highest BCUT2D eigenvalue weighted by Gasteiger charge is 2.24. The predicted molar refractivity (Wildman–Crippen MR) is 171 cm³/mol. The van der Waals surface area contributed by atoms with Crippen molar-refractivity contribution in [3.8, 4) is 0 Å². The molecule has 40 heavy (non-hydrogen) atoms. The molecule has 0 N–H and O–H groups in total. The Morgan fingerprint density at radius 3 is 0.650 bits per heavy atom. The first-order chi connectivity index (χ1) is 19.9. The summed E-state index contributed by atoms with van der Waals surface area (Å²) in [7, 11) is 0. The fourth-order valence-electron chi connectivity index (χ4n) is 5.69. The van der Waals surface area contributed by atoms with Crippen LogP contribution in [-0.2, 0) is 0 Å². The highest BCUT2D eigenvalue weighted by Crippen LogP contribution is 2.50. The highest BCUT2D eigenvalue weighted by molar-refractivity contribution is 6.23. The number of nitrogens with zero attached hydrogens (tertiary/aromatic N) is 2. The first-order valence-electron chi connectivity index (χ1n) is 13.6. The number of anilines is 6. The van der Waals surface area contributed by atoms with E-state index in [0.29, 0.717) is 0 Å². The SMILES string of the molecule is c1ccc(N(c2ccccc2)c2c3ccccc3c(N(c3ccccc3)c3ccccc3)c3ccccc23)cc1. The molecule has 7 aromatic carbocycles. The zero-order valence-electron chi connectivity index (χ0n) is 22.1. The second-order valence-electron chi connectivity index (χ2n) is 9.80. The molecule has 2 heteroatoms. The van der Waals surface area contributed by atoms with E-state index in [0.717, 1.165) is 22.7 Å². The Bertz CT molecular complexity index is 1610. The minimum Gasteiger partial charge on any atom is -0.309 e. The molecule has 2 nitrogen and oxygen atoms in total. The van der Waals surface area contributed by atoms with Crippen molar-refractivity contribution in [2.45, 2.75) is 0 Å². The van der Waals surface area contributed by atoms with Crippen LogP contribution in [0.5, 0.6) is 0 Å². The Hall–Kier alpha value is -5.34. The molecule has 0 heterocycles. The van der Waals surface area contributed by atoms with Crippen molar-refractivity contribution in [1.82, 2.24) is 0 Å². The van der Waals surface area contributed by atoms with E-state index in [9.17, 15) is 0 Å². The van der Waals surface area contributed by atoms with Gasteiger partial charge in [0.05, 0.1) is 11.4 Å². The summed E-state index contributed by atoms with van der Waals surface area (Å²) in [5.41, 5.74) is 6.85. The van der Waals surface area contributed by atoms with E-state index in [1.807, 2.05) is 0 Å². The molecule has 0 bridgehead atoms. The first kappa shape index (κ1) is 23.8. The van der Waals surface area contributed by atoms with Gasteiger partial charge in [-0.2, -0.15) is 0 Å². The summed E-state index contributed by atoms with van der Waals surface area (Å²) in [5.74, 6) is 0. The van der Waals surface area contributed by atoms with Crippen molar-refractivity contribution in [3.05, 3.63) is 170 Å². The molecule has 0 saturated heterocycles. The summed E-state index contributed by atoms with van der Waals surface area (Å²) in [5, 5.41) is 4.78. The topological polar surface area (TPSA) is 6.48 Å². The Morgan fingerprint density at radius 2 is 0.425 bits per heavy atom. The quantitative estimate of drug-likeness (QED) is 0.161. The summed E-state index contributed by atoms with van der Waals surface area (Å²) < 4.78 is 0. The maximum absolute atomic E-state index is 2.39. The van der Waals surface area contributed by atoms with Gasteiger partial charge >= 0.3 is 0 Å². The molecule has 7 aromatic rings. The van der Waals surface area contributed by atoms with Crippen LogP contribution in [0.2, 0.25) is 0 Å². The van der Waals surface area contributed by atoms with Gasteiger partial charge in [0, 0.05) is 44.3 Å². The zero-order chi connectivity index (χ0) is 26.7. The summed E-state index contributed by atoms with van der Waals surface area (Å²) in [6.45, 7) is 0. The molecular weight excluding hydrogens is 484 g/mol. The molecule has 7 rings (SSSR count). The van der Waals surface area contributed by atoms with Crippen LogP contribution in [0.15, 0.2) is 170 Å². The van der Waals surface area contributed by atoms with E-state index < -0.39 is 0 Å². The Morgan fingerprint density at radius 1 is 0.225 bits per heavy atom. The Kier molecular flexibility index (Phi) is 6.20. The molecule has 0 aromatic heterocycles. The van der Waals surface area contributed by atoms with Crippen LogP contribution in [-0.4, -0.2) is 0 Å². The van der Waals surface area contributed by atoms with Crippen LogP contribution in [0.1, 0.15) is 0 Å². The highest BCUT2D eigenvalue weighted by atomic mass is 15.2. The van der Waals surface area contributed by atoms with E-state index in [1.54, 1.807) is 0 Å². The molecule has 0 aliphatic carbocycles. The molecule has 0 aliphatic rings. The second kappa shape index (κ2) is 10.4. The van der Waals surface area contributed by atoms with Crippen LogP contribution in [0.3, 0.4) is 0 Å². The van der Waals surface area contributed by atoms with Crippen molar-refractivity contribution >= 4 is 55.7 Å². The van der Waals surface area contributed by atoms with E-state index in [4.69, 9.17) is 0 Å². The Balaban J connectivity index is 1.62. The molecule has 0 saturated carbocycles. The van der Waals surface area contributed by atoms with Gasteiger partial charge in [0.2, 0.25) is 0 Å². The first-order valence-corrected chi connectivity index (χ1v) is 13.6. The molecule has 190 valence electrons. The van der Waals surface area contributed by atoms with Gasteiger partial charge in [-0.25, -0.2) is 0 Å². The zero-order valence-corrected chi connectivity index (χ0v) is 22.1. The second-order valence-corrected chi connectivity index (χ2v) is 9.80. The summed E-state index contributed by atoms with van der Waals surface area (Å²) in [6.07, 6.45) is 0. The van der Waals surface area contributed by atoms with Gasteiger partial charge < -0.3 is 9.80 Å². The number of rotatable bonds is 6. The van der Waals surface area contributed by atoms with Crippen molar-refractivity contribution < 1.29 is 0 Å². The summed E-state index contributed by atoms with van der Waals surface area (Å²) >= 11 is 0. The number of hydrogen-bond donors (Lipinski definition) is 0. The molecular formula is C38H28N2. The summed E-state index contributed by atoms with van der Waals surface area (Å²) in [4.78, 5) is 4.79. The largest absolute Gasteiger partial charge is 0.309 e. The average Bonchev–Trinajstić information content (AvgIpc) is 3.04. The van der Waals surface area contributed by atoms with Crippen molar-refractivity contribution in [3.63, 3.8) is 0 Å². The third kappa shape index (κ3) is 4.16. The number of benzene rings is 7. The van der Waals surface area contributed by atoms with Gasteiger partial charge in [0.15, 0.2) is 0 Å². The number of fused-ring (bicyclic) bond motifs is 2. The minimum absolute atomic E-state index is 1.12. The van der Waals surface area contributed by atoms with Crippen molar-refractivity contribution in [1.29, 1.82) is 0 Å². The van der Waals surface area contributed by atoms with Gasteiger partial charge in [0.25, 0.3) is 0 Å². The average molecular weight is 513 g/mol. The fourth-order valence-corrected chi connectivity index (χ4v) is 5.69. The molecule has 0 radical (unpaired) electrons. The van der Waals surface area contributed by atoms with Crippen LogP contribution in [0.4, 0.5) is 34.1 Å². The maximum Gasteiger partial charge on any atom is 0.0619 e. The molecule has 0 spiro atoms. The van der Waals surface area contributed by atoms with Gasteiger partial charge in [-0.05, 0) is 48.5 Å². The van der Waals surface area contributed by atoms with Crippen LogP contribution in [0.25, 0.3) is 21.5 Å². The molecule has 0 aliphatic heterocycles. The standard InChI is InChI=1S/C38H28N2/c1-5-17-29(18-6-1)39(30-19-7-2-8-20-30)37-33-25-13-15-27-35(33)38(36-28-16-14-26-34(36)37)40(31-21-9-3-10-22-31)32-23-11-4-12-24-32/h1-28H. The third-order valence-corrected chi connectivity index (χ3v) is 7.38. The van der Waals surface area contributed by atoms with Crippen molar-refractivity contribution in [2.75, 3.05) is 9.80 Å². The minimum atomic E-state index is 1.12. The lowest BCUT2D eigenvalue weighted by Crippen LogP contribution is -2.14. The van der Waals surface area contributed by atoms with E-state index in [2.05, 4.69) is 180 Å². The maximum atomic E-state index is 2.39.